The van der Waals surface area contributed by atoms with Crippen LogP contribution in [0.2, 0.25) is 5.02 Å². The number of fused-ring (bicyclic) bond motifs is 1. The van der Waals surface area contributed by atoms with Crippen LogP contribution in [-0.2, 0) is 20.9 Å². The van der Waals surface area contributed by atoms with Gasteiger partial charge in [-0.2, -0.15) is 0 Å². The lowest BCUT2D eigenvalue weighted by atomic mass is 10.2. The number of hydrogen-bond acceptors (Lipinski definition) is 4. The van der Waals surface area contributed by atoms with Crippen molar-refractivity contribution < 1.29 is 14.4 Å². The molecule has 8 heteroatoms. The van der Waals surface area contributed by atoms with E-state index >= 15 is 0 Å². The first-order valence-electron chi connectivity index (χ1n) is 9.79. The average Bonchev–Trinajstić information content (AvgIpc) is 2.76. The molecule has 0 bridgehead atoms. The van der Waals surface area contributed by atoms with Crippen LogP contribution in [-0.4, -0.2) is 48.0 Å². The molecule has 1 aliphatic rings. The van der Waals surface area contributed by atoms with Gasteiger partial charge in [-0.3, -0.25) is 14.4 Å². The smallest absolute Gasteiger partial charge is 0.239 e. The highest BCUT2D eigenvalue weighted by molar-refractivity contribution is 8.00. The number of amides is 3. The molecule has 0 saturated carbocycles. The molecule has 3 amide bonds. The minimum atomic E-state index is -0.226. The predicted molar refractivity (Wildman–Crippen MR) is 120 cm³/mol. The van der Waals surface area contributed by atoms with Crippen molar-refractivity contribution in [2.24, 2.45) is 0 Å². The first-order chi connectivity index (χ1) is 14.5. The molecule has 0 aromatic heterocycles. The number of benzene rings is 2. The summed E-state index contributed by atoms with van der Waals surface area (Å²) in [5.74, 6) is -0.00986. The van der Waals surface area contributed by atoms with Crippen LogP contribution in [0.5, 0.6) is 0 Å². The molecule has 0 saturated heterocycles. The highest BCUT2D eigenvalue weighted by Gasteiger charge is 2.25. The van der Waals surface area contributed by atoms with Crippen LogP contribution in [0.15, 0.2) is 53.4 Å². The van der Waals surface area contributed by atoms with Crippen LogP contribution in [0.25, 0.3) is 0 Å². The van der Waals surface area contributed by atoms with Crippen LogP contribution >= 0.6 is 23.4 Å². The number of carbonyl (C=O) groups is 3. The second-order valence-corrected chi connectivity index (χ2v) is 8.32. The molecule has 2 aromatic rings. The van der Waals surface area contributed by atoms with Crippen molar-refractivity contribution >= 4 is 46.8 Å². The van der Waals surface area contributed by atoms with E-state index in [0.29, 0.717) is 30.4 Å². The number of rotatable bonds is 8. The van der Waals surface area contributed by atoms with Gasteiger partial charge in [0, 0.05) is 36.0 Å². The Morgan fingerprint density at radius 3 is 2.63 bits per heavy atom. The SMILES string of the molecule is CCN(CC(=O)NCc1ccc(Cl)cc1)C(=O)CCN1C(=O)CSc2ccccc21. The zero-order valence-corrected chi connectivity index (χ0v) is 18.3. The Labute approximate surface area is 185 Å². The maximum absolute atomic E-state index is 12.7. The number of halogens is 1. The number of nitrogens with one attached hydrogen (secondary N) is 1. The standard InChI is InChI=1S/C22H24ClN3O3S/c1-2-25(14-20(27)24-13-16-7-9-17(23)10-8-16)21(28)11-12-26-18-5-3-4-6-19(18)30-15-22(26)29/h3-10H,2,11-15H2,1H3,(H,24,27). The van der Waals surface area contributed by atoms with Gasteiger partial charge in [-0.05, 0) is 36.8 Å². The van der Waals surface area contributed by atoms with Gasteiger partial charge in [0.2, 0.25) is 17.7 Å². The highest BCUT2D eigenvalue weighted by atomic mass is 35.5. The lowest BCUT2D eigenvalue weighted by Crippen LogP contribution is -2.43. The maximum Gasteiger partial charge on any atom is 0.239 e. The highest BCUT2D eigenvalue weighted by Crippen LogP contribution is 2.34. The molecule has 30 heavy (non-hydrogen) atoms. The lowest BCUT2D eigenvalue weighted by Gasteiger charge is -2.29. The molecule has 2 aromatic carbocycles. The number of thioether (sulfide) groups is 1. The van der Waals surface area contributed by atoms with Gasteiger partial charge in [0.25, 0.3) is 0 Å². The zero-order valence-electron chi connectivity index (χ0n) is 16.8. The van der Waals surface area contributed by atoms with E-state index in [1.165, 1.54) is 16.7 Å². The molecule has 3 rings (SSSR count). The first kappa shape index (κ1) is 22.2. The van der Waals surface area contributed by atoms with Crippen LogP contribution in [0.3, 0.4) is 0 Å². The number of likely N-dealkylation sites (N-methyl/N-ethyl adjacent to an activating group) is 1. The molecule has 0 aliphatic carbocycles. The summed E-state index contributed by atoms with van der Waals surface area (Å²) < 4.78 is 0. The van der Waals surface area contributed by atoms with E-state index in [2.05, 4.69) is 5.32 Å². The van der Waals surface area contributed by atoms with Gasteiger partial charge < -0.3 is 15.1 Å². The van der Waals surface area contributed by atoms with Crippen molar-refractivity contribution in [2.45, 2.75) is 24.8 Å². The molecule has 6 nitrogen and oxygen atoms in total. The van der Waals surface area contributed by atoms with Crippen molar-refractivity contribution in [3.05, 3.63) is 59.1 Å². The Bertz CT molecular complexity index is 920. The van der Waals surface area contributed by atoms with Crippen LogP contribution < -0.4 is 10.2 Å². The van der Waals surface area contributed by atoms with Gasteiger partial charge in [-0.25, -0.2) is 0 Å². The van der Waals surface area contributed by atoms with Crippen molar-refractivity contribution in [3.63, 3.8) is 0 Å². The van der Waals surface area contributed by atoms with E-state index < -0.39 is 0 Å². The van der Waals surface area contributed by atoms with Crippen LogP contribution in [0, 0.1) is 0 Å². The normalized spacial score (nSPS) is 13.0. The summed E-state index contributed by atoms with van der Waals surface area (Å²) in [6, 6.07) is 14.9. The van der Waals surface area contributed by atoms with E-state index in [0.717, 1.165) is 16.1 Å². The Hall–Kier alpha value is -2.51. The molecular formula is C22H24ClN3O3S. The second-order valence-electron chi connectivity index (χ2n) is 6.86. The monoisotopic (exact) mass is 445 g/mol. The van der Waals surface area contributed by atoms with Gasteiger partial charge in [0.15, 0.2) is 0 Å². The number of anilines is 1. The van der Waals surface area contributed by atoms with E-state index in [4.69, 9.17) is 11.6 Å². The molecule has 0 spiro atoms. The molecule has 1 N–H and O–H groups in total. The Morgan fingerprint density at radius 1 is 1.17 bits per heavy atom. The van der Waals surface area contributed by atoms with Crippen molar-refractivity contribution in [2.75, 3.05) is 30.3 Å². The number of nitrogens with zero attached hydrogens (tertiary/aromatic N) is 2. The summed E-state index contributed by atoms with van der Waals surface area (Å²) in [5, 5.41) is 3.46. The summed E-state index contributed by atoms with van der Waals surface area (Å²) >= 11 is 7.37. The fourth-order valence-corrected chi connectivity index (χ4v) is 4.23. The Morgan fingerprint density at radius 2 is 1.90 bits per heavy atom. The van der Waals surface area contributed by atoms with Gasteiger partial charge in [-0.1, -0.05) is 35.9 Å². The molecule has 0 radical (unpaired) electrons. The number of para-hydroxylation sites is 1. The molecule has 1 aliphatic heterocycles. The molecule has 0 atom stereocenters. The zero-order chi connectivity index (χ0) is 21.5. The predicted octanol–water partition coefficient (Wildman–Crippen LogP) is 3.33. The Kier molecular flexibility index (Phi) is 7.76. The summed E-state index contributed by atoms with van der Waals surface area (Å²) in [6.07, 6.45) is 0.170. The molecular weight excluding hydrogens is 422 g/mol. The van der Waals surface area contributed by atoms with E-state index in [1.54, 1.807) is 17.0 Å². The third-order valence-electron chi connectivity index (χ3n) is 4.83. The second kappa shape index (κ2) is 10.5. The maximum atomic E-state index is 12.7. The third kappa shape index (κ3) is 5.77. The molecule has 0 fully saturated rings. The fraction of sp³-hybridized carbons (Fsp3) is 0.318. The summed E-state index contributed by atoms with van der Waals surface area (Å²) in [7, 11) is 0. The van der Waals surface area contributed by atoms with Crippen molar-refractivity contribution in [3.8, 4) is 0 Å². The summed E-state index contributed by atoms with van der Waals surface area (Å²) in [5.41, 5.74) is 1.78. The third-order valence-corrected chi connectivity index (χ3v) is 6.13. The van der Waals surface area contributed by atoms with Crippen molar-refractivity contribution in [1.29, 1.82) is 0 Å². The molecule has 158 valence electrons. The average molecular weight is 446 g/mol. The van der Waals surface area contributed by atoms with Crippen molar-refractivity contribution in [1.82, 2.24) is 10.2 Å². The largest absolute Gasteiger partial charge is 0.350 e. The van der Waals surface area contributed by atoms with Gasteiger partial charge in [0.05, 0.1) is 18.0 Å². The van der Waals surface area contributed by atoms with E-state index in [9.17, 15) is 14.4 Å². The number of hydrogen-bond donors (Lipinski definition) is 1. The molecule has 0 unspecified atom stereocenters. The first-order valence-corrected chi connectivity index (χ1v) is 11.2. The van der Waals surface area contributed by atoms with Gasteiger partial charge in [0.1, 0.15) is 0 Å². The Balaban J connectivity index is 1.51. The lowest BCUT2D eigenvalue weighted by molar-refractivity contribution is -0.135. The van der Waals surface area contributed by atoms with E-state index in [-0.39, 0.29) is 30.7 Å². The minimum absolute atomic E-state index is 0.00439. The van der Waals surface area contributed by atoms with Gasteiger partial charge >= 0.3 is 0 Å². The van der Waals surface area contributed by atoms with E-state index in [1.807, 2.05) is 43.3 Å². The van der Waals surface area contributed by atoms with Gasteiger partial charge in [-0.15, -0.1) is 11.8 Å². The van der Waals surface area contributed by atoms with Crippen LogP contribution in [0.1, 0.15) is 18.9 Å². The fourth-order valence-electron chi connectivity index (χ4n) is 3.17. The van der Waals surface area contributed by atoms with Crippen LogP contribution in [0.4, 0.5) is 5.69 Å². The molecule has 1 heterocycles. The summed E-state index contributed by atoms with van der Waals surface area (Å²) in [6.45, 7) is 2.93. The summed E-state index contributed by atoms with van der Waals surface area (Å²) in [4.78, 5) is 41.5. The topological polar surface area (TPSA) is 69.7 Å². The quantitative estimate of drug-likeness (QED) is 0.676. The minimum Gasteiger partial charge on any atom is -0.350 e. The number of carbonyl (C=O) groups excluding carboxylic acids is 3.